The van der Waals surface area contributed by atoms with Gasteiger partial charge in [-0.15, -0.1) is 0 Å². The predicted molar refractivity (Wildman–Crippen MR) is 80.2 cm³/mol. The highest BCUT2D eigenvalue weighted by molar-refractivity contribution is 6.25. The summed E-state index contributed by atoms with van der Waals surface area (Å²) in [5.74, 6) is -1.75. The minimum absolute atomic E-state index is 0.0309. The Bertz CT molecular complexity index is 728. The van der Waals surface area contributed by atoms with E-state index < -0.39 is 30.3 Å². The number of hydrogen-bond donors (Lipinski definition) is 2. The van der Waals surface area contributed by atoms with Crippen molar-refractivity contribution < 1.29 is 29.3 Å². The standard InChI is InChI=1S/C16H20N2O6/c1-6-11(20)9-8(12(21)13(6)23-3)7(5-19)16(22)14-10(17(14)2)15(24-4)18(9)16/h7,10,14-15,19,22H,5H2,1-4H3/t7-,10+,14-,15-,16+,17?/m0/s1. The molecule has 4 rings (SSSR count). The van der Waals surface area contributed by atoms with Crippen LogP contribution in [0.1, 0.15) is 6.92 Å². The van der Waals surface area contributed by atoms with Gasteiger partial charge in [0.15, 0.2) is 11.5 Å². The van der Waals surface area contributed by atoms with Crippen LogP contribution in [0.5, 0.6) is 0 Å². The second-order valence-corrected chi connectivity index (χ2v) is 6.69. The summed E-state index contributed by atoms with van der Waals surface area (Å²) in [6.45, 7) is 1.08. The SMILES string of the molecule is COC1=C(C)C(=O)C2=C(C1=O)[C@H](CO)[C@@]1(O)[C@@H]3[C@H]([C@H](OC)N21)N3C. The van der Waals surface area contributed by atoms with Crippen LogP contribution in [0.3, 0.4) is 0 Å². The molecule has 130 valence electrons. The molecule has 0 amide bonds. The number of carbonyl (C=O) groups excluding carboxylic acids is 2. The van der Waals surface area contributed by atoms with Crippen LogP contribution in [-0.4, -0.2) is 83.5 Å². The summed E-state index contributed by atoms with van der Waals surface area (Å²) in [6.07, 6.45) is -0.555. The normalized spacial score (nSPS) is 43.2. The molecular weight excluding hydrogens is 316 g/mol. The Morgan fingerprint density at radius 2 is 1.92 bits per heavy atom. The zero-order valence-corrected chi connectivity index (χ0v) is 13.9. The molecule has 4 aliphatic rings. The van der Waals surface area contributed by atoms with Gasteiger partial charge in [0.25, 0.3) is 0 Å². The lowest BCUT2D eigenvalue weighted by molar-refractivity contribution is -0.168. The molecule has 2 saturated heterocycles. The minimum atomic E-state index is -1.55. The monoisotopic (exact) mass is 336 g/mol. The molecular formula is C16H20N2O6. The molecule has 0 aromatic carbocycles. The Morgan fingerprint density at radius 3 is 2.46 bits per heavy atom. The highest BCUT2D eigenvalue weighted by Gasteiger charge is 2.78. The number of aliphatic hydroxyl groups excluding tert-OH is 1. The second kappa shape index (κ2) is 4.66. The van der Waals surface area contributed by atoms with Gasteiger partial charge in [0, 0.05) is 18.3 Å². The number of allylic oxidation sites excluding steroid dienone is 2. The van der Waals surface area contributed by atoms with E-state index in [1.165, 1.54) is 26.0 Å². The summed E-state index contributed by atoms with van der Waals surface area (Å²) in [6, 6.07) is -0.392. The summed E-state index contributed by atoms with van der Waals surface area (Å²) < 4.78 is 10.6. The van der Waals surface area contributed by atoms with E-state index in [4.69, 9.17) is 9.47 Å². The van der Waals surface area contributed by atoms with E-state index >= 15 is 0 Å². The van der Waals surface area contributed by atoms with Crippen LogP contribution in [0.15, 0.2) is 22.6 Å². The lowest BCUT2D eigenvalue weighted by Crippen LogP contribution is -2.56. The van der Waals surface area contributed by atoms with Gasteiger partial charge in [-0.05, 0) is 14.0 Å². The van der Waals surface area contributed by atoms with E-state index in [-0.39, 0.29) is 40.5 Å². The van der Waals surface area contributed by atoms with Crippen LogP contribution in [0.2, 0.25) is 0 Å². The molecule has 1 aliphatic carbocycles. The topological polar surface area (TPSA) is 99.3 Å². The van der Waals surface area contributed by atoms with Crippen molar-refractivity contribution in [1.82, 2.24) is 9.80 Å². The molecule has 2 fully saturated rings. The van der Waals surface area contributed by atoms with E-state index in [1.54, 1.807) is 0 Å². The number of ketones is 2. The molecule has 0 aromatic heterocycles. The van der Waals surface area contributed by atoms with E-state index in [9.17, 15) is 19.8 Å². The molecule has 1 unspecified atom stereocenters. The second-order valence-electron chi connectivity index (χ2n) is 6.69. The average molecular weight is 336 g/mol. The molecule has 8 nitrogen and oxygen atoms in total. The maximum atomic E-state index is 12.9. The number of fused-ring (bicyclic) bond motifs is 4. The van der Waals surface area contributed by atoms with Gasteiger partial charge in [-0.25, -0.2) is 0 Å². The Hall–Kier alpha value is -1.74. The van der Waals surface area contributed by atoms with Gasteiger partial charge in [-0.3, -0.25) is 14.5 Å². The van der Waals surface area contributed by atoms with Crippen molar-refractivity contribution >= 4 is 11.6 Å². The lowest BCUT2D eigenvalue weighted by atomic mass is 9.83. The third-order valence-electron chi connectivity index (χ3n) is 5.84. The fraction of sp³-hybridized carbons (Fsp3) is 0.625. The van der Waals surface area contributed by atoms with Crippen molar-refractivity contribution in [2.75, 3.05) is 27.9 Å². The molecule has 8 heteroatoms. The number of ether oxygens (including phenoxy) is 2. The number of Topliss-reactive ketones (excluding diaryl/α,β-unsaturated/α-hetero) is 2. The summed E-state index contributed by atoms with van der Waals surface area (Å²) in [5, 5.41) is 21.4. The molecule has 3 heterocycles. The van der Waals surface area contributed by atoms with Crippen LogP contribution < -0.4 is 0 Å². The van der Waals surface area contributed by atoms with Gasteiger partial charge >= 0.3 is 0 Å². The first kappa shape index (κ1) is 15.8. The zero-order valence-electron chi connectivity index (χ0n) is 13.9. The van der Waals surface area contributed by atoms with Crippen LogP contribution in [0.4, 0.5) is 0 Å². The predicted octanol–water partition coefficient (Wildman–Crippen LogP) is -1.41. The van der Waals surface area contributed by atoms with E-state index in [0.29, 0.717) is 0 Å². The number of piperazine rings is 1. The Morgan fingerprint density at radius 1 is 1.25 bits per heavy atom. The van der Waals surface area contributed by atoms with Gasteiger partial charge in [0.1, 0.15) is 6.23 Å². The maximum Gasteiger partial charge on any atom is 0.226 e. The molecule has 0 radical (unpaired) electrons. The number of methoxy groups -OCH3 is 2. The van der Waals surface area contributed by atoms with E-state index in [2.05, 4.69) is 0 Å². The van der Waals surface area contributed by atoms with E-state index in [1.807, 2.05) is 11.9 Å². The fourth-order valence-electron chi connectivity index (χ4n) is 4.74. The fourth-order valence-corrected chi connectivity index (χ4v) is 4.74. The minimum Gasteiger partial charge on any atom is -0.492 e. The third-order valence-corrected chi connectivity index (χ3v) is 5.84. The summed E-state index contributed by atoms with van der Waals surface area (Å²) in [7, 11) is 4.68. The smallest absolute Gasteiger partial charge is 0.226 e. The quantitative estimate of drug-likeness (QED) is 0.479. The molecule has 6 atom stereocenters. The summed E-state index contributed by atoms with van der Waals surface area (Å²) in [5.41, 5.74) is -1.10. The van der Waals surface area contributed by atoms with Crippen molar-refractivity contribution in [2.24, 2.45) is 5.92 Å². The van der Waals surface area contributed by atoms with E-state index in [0.717, 1.165) is 0 Å². The van der Waals surface area contributed by atoms with Gasteiger partial charge in [0.05, 0.1) is 37.4 Å². The Kier molecular flexibility index (Phi) is 3.06. The highest BCUT2D eigenvalue weighted by Crippen LogP contribution is 2.60. The van der Waals surface area contributed by atoms with Crippen molar-refractivity contribution in [3.05, 3.63) is 22.6 Å². The largest absolute Gasteiger partial charge is 0.492 e. The summed E-state index contributed by atoms with van der Waals surface area (Å²) in [4.78, 5) is 29.1. The Labute approximate surface area is 138 Å². The van der Waals surface area contributed by atoms with Crippen molar-refractivity contribution in [3.63, 3.8) is 0 Å². The highest BCUT2D eigenvalue weighted by atomic mass is 16.5. The molecule has 0 aromatic rings. The molecule has 0 bridgehead atoms. The molecule has 2 N–H and O–H groups in total. The maximum absolute atomic E-state index is 12.9. The molecule has 24 heavy (non-hydrogen) atoms. The Balaban J connectivity index is 1.91. The number of carbonyl (C=O) groups is 2. The summed E-state index contributed by atoms with van der Waals surface area (Å²) >= 11 is 0. The molecule has 0 spiro atoms. The number of rotatable bonds is 3. The first-order valence-corrected chi connectivity index (χ1v) is 7.81. The van der Waals surface area contributed by atoms with Crippen LogP contribution in [-0.2, 0) is 19.1 Å². The molecule has 0 saturated carbocycles. The van der Waals surface area contributed by atoms with Gasteiger partial charge < -0.3 is 24.6 Å². The van der Waals surface area contributed by atoms with Crippen LogP contribution >= 0.6 is 0 Å². The molecule has 3 aliphatic heterocycles. The zero-order chi connectivity index (χ0) is 17.5. The van der Waals surface area contributed by atoms with Crippen molar-refractivity contribution in [1.29, 1.82) is 0 Å². The number of nitrogens with zero attached hydrogens (tertiary/aromatic N) is 2. The van der Waals surface area contributed by atoms with Crippen LogP contribution in [0.25, 0.3) is 0 Å². The van der Waals surface area contributed by atoms with Crippen molar-refractivity contribution in [3.8, 4) is 0 Å². The average Bonchev–Trinajstić information content (AvgIpc) is 3.02. The number of hydrogen-bond acceptors (Lipinski definition) is 8. The van der Waals surface area contributed by atoms with Crippen LogP contribution in [0, 0.1) is 5.92 Å². The number of aliphatic hydroxyl groups is 2. The lowest BCUT2D eigenvalue weighted by Gasteiger charge is -2.40. The number of likely N-dealkylation sites (N-methyl/N-ethyl adjacent to an activating group) is 1. The third kappa shape index (κ3) is 1.44. The first-order valence-electron chi connectivity index (χ1n) is 7.81. The van der Waals surface area contributed by atoms with Gasteiger partial charge in [-0.1, -0.05) is 0 Å². The van der Waals surface area contributed by atoms with Gasteiger partial charge in [0.2, 0.25) is 11.6 Å². The van der Waals surface area contributed by atoms with Crippen molar-refractivity contribution in [2.45, 2.75) is 31.0 Å². The van der Waals surface area contributed by atoms with Gasteiger partial charge in [-0.2, -0.15) is 0 Å². The first-order chi connectivity index (χ1) is 11.4.